The Morgan fingerprint density at radius 1 is 0.712 bits per heavy atom. The van der Waals surface area contributed by atoms with Crippen molar-refractivity contribution < 1.29 is 121 Å². The van der Waals surface area contributed by atoms with Crippen LogP contribution in [0.1, 0.15) is 25.7 Å². The summed E-state index contributed by atoms with van der Waals surface area (Å²) in [7, 11) is -33.7. The molecule has 370 valence electrons. The Labute approximate surface area is 367 Å². The monoisotopic (exact) mass is 1070 g/mol. The molecular formula is C26H38F2N8O24P6. The first kappa shape index (κ1) is 55.5. The van der Waals surface area contributed by atoms with E-state index in [2.05, 4.69) is 41.5 Å². The van der Waals surface area contributed by atoms with Crippen molar-refractivity contribution in [2.45, 2.75) is 62.3 Å². The molecule has 32 nitrogen and oxygen atoms in total. The summed E-state index contributed by atoms with van der Waals surface area (Å²) in [4.78, 5) is 75.2. The third-order valence-electron chi connectivity index (χ3n) is 8.77. The molecule has 4 unspecified atom stereocenters. The van der Waals surface area contributed by atoms with Gasteiger partial charge in [-0.2, -0.15) is 32.7 Å². The van der Waals surface area contributed by atoms with E-state index in [1.165, 1.54) is 48.0 Å². The second-order valence-electron chi connectivity index (χ2n) is 13.3. The van der Waals surface area contributed by atoms with E-state index >= 15 is 8.78 Å². The maximum atomic E-state index is 15.1. The van der Waals surface area contributed by atoms with Crippen LogP contribution in [0.2, 0.25) is 0 Å². The number of alkyl halides is 2. The number of ether oxygens (including phenoxy) is 2. The minimum Gasteiger partial charge on any atom is -0.397 e. The number of rotatable bonds is 16. The minimum atomic E-state index is -5.78. The second kappa shape index (κ2) is 19.7. The number of hydrogen-bond acceptors (Lipinski definition) is 22. The fourth-order valence-electron chi connectivity index (χ4n) is 6.17. The van der Waals surface area contributed by atoms with Crippen LogP contribution in [0.4, 0.5) is 20.3 Å². The summed E-state index contributed by atoms with van der Waals surface area (Å²) in [5.74, 6) is 0.0908. The van der Waals surface area contributed by atoms with Crippen LogP contribution in [-0.4, -0.2) is 124 Å². The average molecular weight is 1070 g/mol. The first-order chi connectivity index (χ1) is 29.7. The fourth-order valence-corrected chi connectivity index (χ4v) is 12.2. The lowest BCUT2D eigenvalue weighted by atomic mass is 9.94. The molecule has 6 heterocycles. The lowest BCUT2D eigenvalue weighted by Gasteiger charge is -2.26. The topological polar surface area (TPSA) is 502 Å². The first-order valence-corrected chi connectivity index (χ1v) is 26.0. The van der Waals surface area contributed by atoms with Crippen LogP contribution >= 0.6 is 46.9 Å². The van der Waals surface area contributed by atoms with Gasteiger partial charge < -0.3 is 70.3 Å². The Kier molecular flexibility index (Phi) is 16.6. The fraction of sp³-hybridized carbons (Fsp3) is 0.462. The second-order valence-corrected chi connectivity index (χ2v) is 22.1. The maximum absolute atomic E-state index is 15.1. The summed E-state index contributed by atoms with van der Waals surface area (Å²) in [5, 5.41) is 38.0. The van der Waals surface area contributed by atoms with Crippen LogP contribution in [-0.2, 0) is 74.4 Å². The molecule has 0 aliphatic carbocycles. The van der Waals surface area contributed by atoms with Crippen molar-refractivity contribution in [3.63, 3.8) is 0 Å². The molecule has 0 radical (unpaired) electrons. The van der Waals surface area contributed by atoms with Crippen molar-refractivity contribution in [1.29, 1.82) is 5.26 Å². The van der Waals surface area contributed by atoms with Gasteiger partial charge in [-0.25, -0.2) is 50.2 Å². The number of phosphoric ester groups is 2. The molecule has 12 atom stereocenters. The van der Waals surface area contributed by atoms with Crippen LogP contribution in [0.25, 0.3) is 11.0 Å². The molecule has 0 spiro atoms. The molecule has 40 heteroatoms. The Morgan fingerprint density at radius 3 is 1.70 bits per heavy atom. The number of halogens is 2. The predicted molar refractivity (Wildman–Crippen MR) is 210 cm³/mol. The van der Waals surface area contributed by atoms with Crippen LogP contribution in [0.5, 0.6) is 0 Å². The molecule has 2 fully saturated rings. The van der Waals surface area contributed by atoms with E-state index in [-0.39, 0.29) is 30.3 Å². The van der Waals surface area contributed by atoms with Gasteiger partial charge >= 0.3 is 46.9 Å². The van der Waals surface area contributed by atoms with Crippen molar-refractivity contribution in [2.75, 3.05) is 24.7 Å². The number of hydrogen-bond donors (Lipinski definition) is 12. The van der Waals surface area contributed by atoms with Gasteiger partial charge in [-0.15, -0.1) is 0 Å². The largest absolute Gasteiger partial charge is 0.490 e. The number of nitrogen functional groups attached to an aromatic ring is 2. The van der Waals surface area contributed by atoms with E-state index in [0.717, 1.165) is 10.8 Å². The summed E-state index contributed by atoms with van der Waals surface area (Å²) >= 11 is 0. The normalized spacial score (nSPS) is 29.4. The highest BCUT2D eigenvalue weighted by atomic mass is 31.3. The van der Waals surface area contributed by atoms with E-state index < -0.39 is 108 Å². The maximum Gasteiger partial charge on any atom is 0.490 e. The molecule has 66 heavy (non-hydrogen) atoms. The van der Waals surface area contributed by atoms with Crippen molar-refractivity contribution in [3.8, 4) is 6.07 Å². The average Bonchev–Trinajstić information content (AvgIpc) is 3.89. The lowest BCUT2D eigenvalue weighted by molar-refractivity contribution is -0.0770. The standard InChI is InChI=1S/C13H16FN4O12P3.C12H18FN4O12P3.CH4/c14-12-11(19)9(5-27-32(23,24)30-33(25,26)29-31(20,21)22)28-13(12,6-15)10-2-1-8-7(16)3-4-17-18(8)10;1-12(8-3-2-6-11(14)15-5-16-17(6)8)10(13)9(18)7(27-12)4-26-31(22,23)29-32(24,25)28-30(19,20)21;/h1-4,9,11-12,19H,5,16H2,(H,23,24)(H,25,26)(H2,20,21,22);2-3,5,7,9-10,18H,4H2,1H3,(H,22,23)(H,24,25)(H2,14,15,16)(H2,19,20,21);1H4/t9-,11-,12-,13+;7-,9-,10-,12+;/m11./s1. The molecular weight excluding hydrogens is 1030 g/mol. The molecule has 2 aliphatic rings. The van der Waals surface area contributed by atoms with Gasteiger partial charge in [0.2, 0.25) is 5.60 Å². The molecule has 0 aromatic carbocycles. The summed E-state index contributed by atoms with van der Waals surface area (Å²) in [6.45, 7) is -0.916. The summed E-state index contributed by atoms with van der Waals surface area (Å²) in [5.41, 5.74) is 8.05. The number of aromatic nitrogens is 5. The Hall–Kier alpha value is -3.08. The highest BCUT2D eigenvalue weighted by molar-refractivity contribution is 7.67. The van der Waals surface area contributed by atoms with E-state index in [0.29, 0.717) is 11.0 Å². The van der Waals surface area contributed by atoms with Gasteiger partial charge in [0, 0.05) is 6.20 Å². The minimum absolute atomic E-state index is 0. The zero-order valence-corrected chi connectivity index (χ0v) is 37.3. The zero-order valence-electron chi connectivity index (χ0n) is 31.9. The third kappa shape index (κ3) is 12.6. The van der Waals surface area contributed by atoms with Crippen LogP contribution in [0.15, 0.2) is 42.9 Å². The smallest absolute Gasteiger partial charge is 0.397 e. The summed E-state index contributed by atoms with van der Waals surface area (Å²) in [6.07, 6.45) is -9.48. The Bertz CT molecular complexity index is 2770. The third-order valence-corrected chi connectivity index (χ3v) is 16.4. The van der Waals surface area contributed by atoms with E-state index in [1.807, 2.05) is 0 Å². The van der Waals surface area contributed by atoms with Crippen molar-refractivity contribution in [2.24, 2.45) is 0 Å². The zero-order chi connectivity index (χ0) is 48.9. The number of fused-ring (bicyclic) bond motifs is 2. The van der Waals surface area contributed by atoms with Gasteiger partial charge in [0.05, 0.1) is 35.8 Å². The van der Waals surface area contributed by atoms with E-state index in [1.54, 1.807) is 6.07 Å². The van der Waals surface area contributed by atoms with Crippen LogP contribution in [0.3, 0.4) is 0 Å². The molecule has 6 rings (SSSR count). The number of aliphatic hydroxyl groups excluding tert-OH is 2. The molecule has 4 aromatic heterocycles. The van der Waals surface area contributed by atoms with Crippen molar-refractivity contribution in [3.05, 3.63) is 54.2 Å². The van der Waals surface area contributed by atoms with Gasteiger partial charge in [0.25, 0.3) is 0 Å². The van der Waals surface area contributed by atoms with Gasteiger partial charge in [-0.3, -0.25) is 9.05 Å². The molecule has 2 saturated heterocycles. The first-order valence-electron chi connectivity index (χ1n) is 16.9. The predicted octanol–water partition coefficient (Wildman–Crippen LogP) is 0.680. The van der Waals surface area contributed by atoms with Gasteiger partial charge in [0.15, 0.2) is 18.2 Å². The highest BCUT2D eigenvalue weighted by Gasteiger charge is 2.60. The molecule has 14 N–H and O–H groups in total. The van der Waals surface area contributed by atoms with Gasteiger partial charge in [0.1, 0.15) is 47.9 Å². The van der Waals surface area contributed by atoms with Gasteiger partial charge in [-0.1, -0.05) is 7.43 Å². The number of phosphoric acid groups is 6. The number of nitrogens with zero attached hydrogens (tertiary/aromatic N) is 6. The van der Waals surface area contributed by atoms with Crippen molar-refractivity contribution in [1.82, 2.24) is 24.2 Å². The Morgan fingerprint density at radius 2 is 1.18 bits per heavy atom. The molecule has 0 bridgehead atoms. The SMILES string of the molecule is C.C[C@@]1(c2ccc3c(N)ncnn23)O[C@H](COP(=O)(O)OP(=O)(O)OP(=O)(O)O)[C@@H](O)[C@H]1F.N#C[C@@]1(c2ccc3c(N)ccnn23)O[C@H](COP(=O)(O)OP(=O)(O)OP(=O)(O)O)[C@@H](O)[C@H]1F. The molecule has 4 aromatic rings. The highest BCUT2D eigenvalue weighted by Crippen LogP contribution is 2.67. The van der Waals surface area contributed by atoms with Gasteiger partial charge in [-0.05, 0) is 37.3 Å². The molecule has 0 amide bonds. The van der Waals surface area contributed by atoms with E-state index in [4.69, 9.17) is 50.3 Å². The van der Waals surface area contributed by atoms with Crippen LogP contribution in [0, 0.1) is 11.3 Å². The number of aliphatic hydroxyl groups is 2. The quantitative estimate of drug-likeness (QED) is 0.0686. The summed E-state index contributed by atoms with van der Waals surface area (Å²) < 4.78 is 134. The van der Waals surface area contributed by atoms with E-state index in [9.17, 15) is 52.7 Å². The lowest BCUT2D eigenvalue weighted by Crippen LogP contribution is -2.37. The molecule has 0 saturated carbocycles. The number of anilines is 2. The molecule has 2 aliphatic heterocycles. The number of nitriles is 1. The Balaban J connectivity index is 0.000000284. The number of nitrogens with two attached hydrogens (primary N) is 2. The summed E-state index contributed by atoms with van der Waals surface area (Å²) in [6, 6.07) is 8.63. The van der Waals surface area contributed by atoms with Crippen molar-refractivity contribution >= 4 is 69.5 Å². The van der Waals surface area contributed by atoms with Crippen LogP contribution < -0.4 is 11.5 Å².